The first-order valence-electron chi connectivity index (χ1n) is 9.75. The Labute approximate surface area is 174 Å². The molecule has 0 aromatic heterocycles. The van der Waals surface area contributed by atoms with E-state index in [0.29, 0.717) is 22.9 Å². The molecule has 5 nitrogen and oxygen atoms in total. The topological polar surface area (TPSA) is 59.0 Å². The predicted octanol–water partition coefficient (Wildman–Crippen LogP) is 4.43. The lowest BCUT2D eigenvalue weighted by Crippen LogP contribution is -2.40. The Bertz CT molecular complexity index is 986. The molecule has 4 rings (SSSR count). The molecule has 0 aliphatic carbocycles. The first kappa shape index (κ1) is 19.5. The minimum Gasteiger partial charge on any atom is -0.463 e. The molecule has 0 spiro atoms. The number of nitrogens with zero attached hydrogens (tertiary/aromatic N) is 2. The number of ether oxygens (including phenoxy) is 1. The molecule has 0 radical (unpaired) electrons. The number of carbonyl (C=O) groups excluding carboxylic acids is 2. The van der Waals surface area contributed by atoms with Crippen LogP contribution in [0.5, 0.6) is 0 Å². The van der Waals surface area contributed by atoms with Gasteiger partial charge >= 0.3 is 5.97 Å². The highest BCUT2D eigenvalue weighted by Gasteiger charge is 2.47. The molecular formula is C23H22N2O3S. The molecule has 0 unspecified atom stereocenters. The van der Waals surface area contributed by atoms with Crippen LogP contribution in [0.25, 0.3) is 5.70 Å². The van der Waals surface area contributed by atoms with Crippen molar-refractivity contribution in [3.63, 3.8) is 0 Å². The van der Waals surface area contributed by atoms with Crippen LogP contribution in [0.2, 0.25) is 0 Å². The Balaban J connectivity index is 1.96. The smallest absolute Gasteiger partial charge is 0.338 e. The molecular weight excluding hydrogens is 384 g/mol. The van der Waals surface area contributed by atoms with Crippen molar-refractivity contribution in [2.24, 2.45) is 4.99 Å². The highest BCUT2D eigenvalue weighted by molar-refractivity contribution is 8.15. The second-order valence-electron chi connectivity index (χ2n) is 6.78. The Kier molecular flexibility index (Phi) is 5.53. The Morgan fingerprint density at radius 1 is 1.07 bits per heavy atom. The van der Waals surface area contributed by atoms with Crippen molar-refractivity contribution < 1.29 is 14.3 Å². The molecule has 2 heterocycles. The molecule has 2 aliphatic heterocycles. The van der Waals surface area contributed by atoms with Gasteiger partial charge in [-0.1, -0.05) is 79.3 Å². The van der Waals surface area contributed by atoms with Crippen LogP contribution in [0.3, 0.4) is 0 Å². The average Bonchev–Trinajstić information content (AvgIpc) is 3.09. The van der Waals surface area contributed by atoms with Gasteiger partial charge in [0, 0.05) is 5.56 Å². The Morgan fingerprint density at radius 3 is 2.34 bits per heavy atom. The summed E-state index contributed by atoms with van der Waals surface area (Å²) in [4.78, 5) is 32.8. The maximum atomic E-state index is 13.2. The molecule has 2 atom stereocenters. The predicted molar refractivity (Wildman–Crippen MR) is 115 cm³/mol. The number of fused-ring (bicyclic) bond motifs is 1. The molecule has 0 N–H and O–H groups in total. The van der Waals surface area contributed by atoms with Crippen LogP contribution in [0.4, 0.5) is 0 Å². The second kappa shape index (κ2) is 8.25. The monoisotopic (exact) mass is 406 g/mol. The van der Waals surface area contributed by atoms with Crippen molar-refractivity contribution in [3.8, 4) is 0 Å². The zero-order valence-electron chi connectivity index (χ0n) is 16.4. The molecule has 1 amide bonds. The highest BCUT2D eigenvalue weighted by Crippen LogP contribution is 2.46. The molecule has 0 saturated carbocycles. The number of amides is 1. The van der Waals surface area contributed by atoms with Gasteiger partial charge in [0.1, 0.15) is 0 Å². The van der Waals surface area contributed by atoms with E-state index in [0.717, 1.165) is 11.1 Å². The summed E-state index contributed by atoms with van der Waals surface area (Å²) < 4.78 is 5.41. The molecule has 2 aromatic carbocycles. The van der Waals surface area contributed by atoms with E-state index in [1.165, 1.54) is 11.8 Å². The molecule has 6 heteroatoms. The third-order valence-corrected chi connectivity index (χ3v) is 6.31. The third kappa shape index (κ3) is 3.49. The zero-order chi connectivity index (χ0) is 20.4. The van der Waals surface area contributed by atoms with E-state index in [1.807, 2.05) is 67.6 Å². The maximum Gasteiger partial charge on any atom is 0.338 e. The summed E-state index contributed by atoms with van der Waals surface area (Å²) in [5, 5.41) is 0.445. The van der Waals surface area contributed by atoms with Crippen molar-refractivity contribution in [3.05, 3.63) is 77.4 Å². The van der Waals surface area contributed by atoms with E-state index in [1.54, 1.807) is 11.8 Å². The van der Waals surface area contributed by atoms with Crippen LogP contribution < -0.4 is 0 Å². The number of thioether (sulfide) groups is 1. The van der Waals surface area contributed by atoms with Crippen LogP contribution in [0.1, 0.15) is 37.4 Å². The van der Waals surface area contributed by atoms with E-state index in [2.05, 4.69) is 0 Å². The molecule has 1 saturated heterocycles. The summed E-state index contributed by atoms with van der Waals surface area (Å²) in [5.74, 6) is -0.459. The zero-order valence-corrected chi connectivity index (χ0v) is 17.2. The summed E-state index contributed by atoms with van der Waals surface area (Å²) in [7, 11) is 0. The lowest BCUT2D eigenvalue weighted by atomic mass is 9.92. The van der Waals surface area contributed by atoms with Crippen LogP contribution in [0, 0.1) is 0 Å². The quantitative estimate of drug-likeness (QED) is 0.690. The number of benzene rings is 2. The summed E-state index contributed by atoms with van der Waals surface area (Å²) in [6.45, 7) is 4.02. The van der Waals surface area contributed by atoms with E-state index in [9.17, 15) is 9.59 Å². The standard InChI is InChI=1S/C23H22N2O3S/c1-3-17-21(26)25-20(16-13-9-6-10-14-16)18(22(27)28-4-2)19(24-23(25)29-17)15-11-7-5-8-12-15/h5-14,17,20H,3-4H2,1-2H3/t17-,20-/m0/s1. The summed E-state index contributed by atoms with van der Waals surface area (Å²) >= 11 is 1.47. The van der Waals surface area contributed by atoms with E-state index >= 15 is 0 Å². The van der Waals surface area contributed by atoms with Crippen LogP contribution in [-0.4, -0.2) is 33.8 Å². The third-order valence-electron chi connectivity index (χ3n) is 4.99. The van der Waals surface area contributed by atoms with Crippen LogP contribution >= 0.6 is 11.8 Å². The van der Waals surface area contributed by atoms with E-state index in [4.69, 9.17) is 9.73 Å². The minimum atomic E-state index is -0.561. The van der Waals surface area contributed by atoms with Crippen molar-refractivity contribution in [1.29, 1.82) is 0 Å². The number of aliphatic imine (C=N–C) groups is 1. The minimum absolute atomic E-state index is 0.0148. The van der Waals surface area contributed by atoms with Crippen molar-refractivity contribution >= 4 is 34.5 Å². The van der Waals surface area contributed by atoms with Gasteiger partial charge < -0.3 is 4.74 Å². The molecule has 2 aromatic rings. The lowest BCUT2D eigenvalue weighted by molar-refractivity contribution is -0.139. The summed E-state index contributed by atoms with van der Waals surface area (Å²) in [6, 6.07) is 18.7. The van der Waals surface area contributed by atoms with Crippen molar-refractivity contribution in [2.75, 3.05) is 6.61 Å². The first-order valence-corrected chi connectivity index (χ1v) is 10.6. The molecule has 148 valence electrons. The van der Waals surface area contributed by atoms with Gasteiger partial charge in [0.15, 0.2) is 5.17 Å². The summed E-state index contributed by atoms with van der Waals surface area (Å²) in [5.41, 5.74) is 2.67. The van der Waals surface area contributed by atoms with Gasteiger partial charge in [-0.2, -0.15) is 0 Å². The Hall–Kier alpha value is -2.86. The number of carbonyl (C=O) groups is 2. The van der Waals surface area contributed by atoms with Gasteiger partial charge in [-0.3, -0.25) is 9.69 Å². The number of esters is 1. The second-order valence-corrected chi connectivity index (χ2v) is 7.95. The number of hydrogen-bond donors (Lipinski definition) is 0. The molecule has 1 fully saturated rings. The largest absolute Gasteiger partial charge is 0.463 e. The van der Waals surface area contributed by atoms with E-state index < -0.39 is 12.0 Å². The van der Waals surface area contributed by atoms with Gasteiger partial charge in [-0.15, -0.1) is 0 Å². The number of rotatable bonds is 5. The van der Waals surface area contributed by atoms with Gasteiger partial charge in [0.05, 0.1) is 29.2 Å². The van der Waals surface area contributed by atoms with Crippen molar-refractivity contribution in [2.45, 2.75) is 31.6 Å². The van der Waals surface area contributed by atoms with Crippen LogP contribution in [0.15, 0.2) is 71.2 Å². The molecule has 0 bridgehead atoms. The fourth-order valence-electron chi connectivity index (χ4n) is 3.66. The van der Waals surface area contributed by atoms with Crippen LogP contribution in [-0.2, 0) is 14.3 Å². The Morgan fingerprint density at radius 2 is 1.72 bits per heavy atom. The SMILES string of the molecule is CCOC(=O)C1=C(c2ccccc2)N=C2S[C@@H](CC)C(=O)N2[C@H]1c1ccccc1. The van der Waals surface area contributed by atoms with E-state index in [-0.39, 0.29) is 17.8 Å². The maximum absolute atomic E-state index is 13.2. The van der Waals surface area contributed by atoms with Gasteiger partial charge in [-0.05, 0) is 18.9 Å². The normalized spacial score (nSPS) is 21.1. The summed E-state index contributed by atoms with van der Waals surface area (Å²) in [6.07, 6.45) is 0.704. The van der Waals surface area contributed by atoms with Crippen molar-refractivity contribution in [1.82, 2.24) is 4.90 Å². The highest BCUT2D eigenvalue weighted by atomic mass is 32.2. The van der Waals surface area contributed by atoms with Gasteiger partial charge in [-0.25, -0.2) is 9.79 Å². The molecule has 2 aliphatic rings. The fourth-order valence-corrected chi connectivity index (χ4v) is 4.75. The van der Waals surface area contributed by atoms with Gasteiger partial charge in [0.2, 0.25) is 5.91 Å². The average molecular weight is 407 g/mol. The number of hydrogen-bond acceptors (Lipinski definition) is 5. The fraction of sp³-hybridized carbons (Fsp3) is 0.261. The number of amidine groups is 1. The first-order chi connectivity index (χ1) is 14.2. The molecule has 29 heavy (non-hydrogen) atoms. The lowest BCUT2D eigenvalue weighted by Gasteiger charge is -2.33. The van der Waals surface area contributed by atoms with Gasteiger partial charge in [0.25, 0.3) is 0 Å².